The SMILES string of the molecule is Cc1ccc(NC(=O)c2cccc(C)c2Cl)c(O)c1. The van der Waals surface area contributed by atoms with Crippen LogP contribution in [0.5, 0.6) is 5.75 Å². The highest BCUT2D eigenvalue weighted by molar-refractivity contribution is 6.35. The van der Waals surface area contributed by atoms with Gasteiger partial charge in [-0.05, 0) is 43.2 Å². The third-order valence-corrected chi connectivity index (χ3v) is 3.34. The Hall–Kier alpha value is -2.00. The normalized spacial score (nSPS) is 10.3. The number of hydrogen-bond acceptors (Lipinski definition) is 2. The molecule has 0 radical (unpaired) electrons. The Balaban J connectivity index is 2.28. The van der Waals surface area contributed by atoms with E-state index in [-0.39, 0.29) is 11.7 Å². The molecule has 0 unspecified atom stereocenters. The minimum Gasteiger partial charge on any atom is -0.506 e. The number of benzene rings is 2. The lowest BCUT2D eigenvalue weighted by atomic mass is 10.1. The maximum absolute atomic E-state index is 12.1. The van der Waals surface area contributed by atoms with Crippen LogP contribution >= 0.6 is 11.6 Å². The average Bonchev–Trinajstić information content (AvgIpc) is 2.36. The number of halogens is 1. The van der Waals surface area contributed by atoms with Crippen molar-refractivity contribution in [2.45, 2.75) is 13.8 Å². The van der Waals surface area contributed by atoms with Crippen LogP contribution in [0.3, 0.4) is 0 Å². The van der Waals surface area contributed by atoms with E-state index in [1.165, 1.54) is 0 Å². The van der Waals surface area contributed by atoms with Gasteiger partial charge in [0, 0.05) is 0 Å². The van der Waals surface area contributed by atoms with Gasteiger partial charge in [0.2, 0.25) is 0 Å². The van der Waals surface area contributed by atoms with Crippen molar-refractivity contribution in [2.24, 2.45) is 0 Å². The standard InChI is InChI=1S/C15H14ClNO2/c1-9-6-7-12(13(18)8-9)17-15(19)11-5-3-4-10(2)14(11)16/h3-8,18H,1-2H3,(H,17,19). The van der Waals surface area contributed by atoms with Gasteiger partial charge in [-0.2, -0.15) is 0 Å². The summed E-state index contributed by atoms with van der Waals surface area (Å²) in [6.07, 6.45) is 0. The zero-order valence-corrected chi connectivity index (χ0v) is 11.5. The number of phenolic OH excluding ortho intramolecular Hbond substituents is 1. The molecule has 2 aromatic rings. The summed E-state index contributed by atoms with van der Waals surface area (Å²) in [5.74, 6) is -0.301. The second-order valence-corrected chi connectivity index (χ2v) is 4.79. The van der Waals surface area contributed by atoms with Gasteiger partial charge in [0.15, 0.2) is 0 Å². The van der Waals surface area contributed by atoms with Crippen LogP contribution in [-0.4, -0.2) is 11.0 Å². The first kappa shape index (κ1) is 13.4. The molecule has 0 saturated carbocycles. The van der Waals surface area contributed by atoms with Crippen molar-refractivity contribution >= 4 is 23.2 Å². The number of carbonyl (C=O) groups excluding carboxylic acids is 1. The van der Waals surface area contributed by atoms with Gasteiger partial charge in [-0.1, -0.05) is 29.8 Å². The topological polar surface area (TPSA) is 49.3 Å². The fourth-order valence-corrected chi connectivity index (χ4v) is 1.97. The van der Waals surface area contributed by atoms with Gasteiger partial charge >= 0.3 is 0 Å². The van der Waals surface area contributed by atoms with Crippen molar-refractivity contribution in [3.63, 3.8) is 0 Å². The smallest absolute Gasteiger partial charge is 0.257 e. The largest absolute Gasteiger partial charge is 0.506 e. The number of aromatic hydroxyl groups is 1. The Labute approximate surface area is 116 Å². The van der Waals surface area contributed by atoms with Crippen molar-refractivity contribution < 1.29 is 9.90 Å². The van der Waals surface area contributed by atoms with Gasteiger partial charge in [-0.25, -0.2) is 0 Å². The monoisotopic (exact) mass is 275 g/mol. The minimum absolute atomic E-state index is 0.0390. The van der Waals surface area contributed by atoms with Crippen LogP contribution in [0.1, 0.15) is 21.5 Å². The molecule has 0 saturated heterocycles. The predicted molar refractivity (Wildman–Crippen MR) is 77.0 cm³/mol. The fourth-order valence-electron chi connectivity index (χ4n) is 1.76. The van der Waals surface area contributed by atoms with E-state index in [4.69, 9.17) is 11.6 Å². The van der Waals surface area contributed by atoms with Crippen LogP contribution in [0.25, 0.3) is 0 Å². The highest BCUT2D eigenvalue weighted by atomic mass is 35.5. The van der Waals surface area contributed by atoms with Crippen LogP contribution in [0.15, 0.2) is 36.4 Å². The van der Waals surface area contributed by atoms with E-state index in [0.29, 0.717) is 16.3 Å². The van der Waals surface area contributed by atoms with Gasteiger partial charge in [-0.15, -0.1) is 0 Å². The first-order chi connectivity index (χ1) is 8.99. The minimum atomic E-state index is -0.340. The molecule has 4 heteroatoms. The van der Waals surface area contributed by atoms with E-state index < -0.39 is 0 Å². The summed E-state index contributed by atoms with van der Waals surface area (Å²) < 4.78 is 0. The molecule has 0 fully saturated rings. The van der Waals surface area contributed by atoms with Crippen LogP contribution in [-0.2, 0) is 0 Å². The first-order valence-corrected chi connectivity index (χ1v) is 6.23. The quantitative estimate of drug-likeness (QED) is 0.816. The van der Waals surface area contributed by atoms with E-state index >= 15 is 0 Å². The van der Waals surface area contributed by atoms with E-state index in [0.717, 1.165) is 11.1 Å². The van der Waals surface area contributed by atoms with Crippen molar-refractivity contribution in [3.8, 4) is 5.75 Å². The third kappa shape index (κ3) is 2.88. The molecule has 1 amide bonds. The van der Waals surface area contributed by atoms with Crippen molar-refractivity contribution in [1.82, 2.24) is 0 Å². The Kier molecular flexibility index (Phi) is 3.76. The van der Waals surface area contributed by atoms with E-state index in [2.05, 4.69) is 5.32 Å². The summed E-state index contributed by atoms with van der Waals surface area (Å²) in [5, 5.41) is 12.8. The molecule has 0 aliphatic heterocycles. The zero-order chi connectivity index (χ0) is 14.0. The van der Waals surface area contributed by atoms with Crippen molar-refractivity contribution in [3.05, 3.63) is 58.1 Å². The Morgan fingerprint density at radius 3 is 2.63 bits per heavy atom. The molecule has 19 heavy (non-hydrogen) atoms. The van der Waals surface area contributed by atoms with Crippen LogP contribution in [0.4, 0.5) is 5.69 Å². The average molecular weight is 276 g/mol. The molecule has 3 nitrogen and oxygen atoms in total. The predicted octanol–water partition coefficient (Wildman–Crippen LogP) is 3.91. The summed E-state index contributed by atoms with van der Waals surface area (Å²) in [4.78, 5) is 12.1. The number of nitrogens with one attached hydrogen (secondary N) is 1. The first-order valence-electron chi connectivity index (χ1n) is 5.85. The highest BCUT2D eigenvalue weighted by Crippen LogP contribution is 2.26. The molecule has 0 atom stereocenters. The van der Waals surface area contributed by atoms with Gasteiger partial charge in [-0.3, -0.25) is 4.79 Å². The maximum atomic E-state index is 12.1. The summed E-state index contributed by atoms with van der Waals surface area (Å²) in [6.45, 7) is 3.70. The Morgan fingerprint density at radius 2 is 1.95 bits per heavy atom. The lowest BCUT2D eigenvalue weighted by molar-refractivity contribution is 0.102. The number of amides is 1. The molecule has 2 rings (SSSR count). The van der Waals surface area contributed by atoms with Crippen LogP contribution < -0.4 is 5.32 Å². The third-order valence-electron chi connectivity index (χ3n) is 2.84. The molecule has 2 aromatic carbocycles. The second kappa shape index (κ2) is 5.33. The molecule has 98 valence electrons. The summed E-state index contributed by atoms with van der Waals surface area (Å²) >= 11 is 6.10. The molecular formula is C15H14ClNO2. The molecule has 0 spiro atoms. The summed E-state index contributed by atoms with van der Waals surface area (Å²) in [5.41, 5.74) is 2.52. The molecule has 0 aliphatic rings. The Morgan fingerprint density at radius 1 is 1.21 bits per heavy atom. The second-order valence-electron chi connectivity index (χ2n) is 4.41. The number of carbonyl (C=O) groups is 1. The summed E-state index contributed by atoms with van der Waals surface area (Å²) in [6, 6.07) is 10.3. The summed E-state index contributed by atoms with van der Waals surface area (Å²) in [7, 11) is 0. The number of phenols is 1. The molecule has 0 aliphatic carbocycles. The van der Waals surface area contributed by atoms with E-state index in [1.807, 2.05) is 26.0 Å². The molecular weight excluding hydrogens is 262 g/mol. The van der Waals surface area contributed by atoms with E-state index in [9.17, 15) is 9.90 Å². The number of anilines is 1. The van der Waals surface area contributed by atoms with Gasteiger partial charge in [0.25, 0.3) is 5.91 Å². The van der Waals surface area contributed by atoms with Crippen molar-refractivity contribution in [1.29, 1.82) is 0 Å². The maximum Gasteiger partial charge on any atom is 0.257 e. The highest BCUT2D eigenvalue weighted by Gasteiger charge is 2.13. The number of rotatable bonds is 2. The fraction of sp³-hybridized carbons (Fsp3) is 0.133. The van der Waals surface area contributed by atoms with Crippen LogP contribution in [0, 0.1) is 13.8 Å². The number of aryl methyl sites for hydroxylation is 2. The molecule has 2 N–H and O–H groups in total. The van der Waals surface area contributed by atoms with Crippen LogP contribution in [0.2, 0.25) is 5.02 Å². The Bertz CT molecular complexity index is 638. The zero-order valence-electron chi connectivity index (χ0n) is 10.7. The molecule has 0 heterocycles. The molecule has 0 bridgehead atoms. The van der Waals surface area contributed by atoms with Gasteiger partial charge < -0.3 is 10.4 Å². The van der Waals surface area contributed by atoms with E-state index in [1.54, 1.807) is 24.3 Å². The van der Waals surface area contributed by atoms with Gasteiger partial charge in [0.05, 0.1) is 16.3 Å². The lowest BCUT2D eigenvalue weighted by Gasteiger charge is -2.10. The van der Waals surface area contributed by atoms with Gasteiger partial charge in [0.1, 0.15) is 5.75 Å². The van der Waals surface area contributed by atoms with Crippen molar-refractivity contribution in [2.75, 3.05) is 5.32 Å². The lowest BCUT2D eigenvalue weighted by Crippen LogP contribution is -2.13. The molecule has 0 aromatic heterocycles. The number of hydrogen-bond donors (Lipinski definition) is 2.